The highest BCUT2D eigenvalue weighted by Gasteiger charge is 2.24. The summed E-state index contributed by atoms with van der Waals surface area (Å²) in [6, 6.07) is 12.1. The average Bonchev–Trinajstić information content (AvgIpc) is 2.67. The first-order valence-electron chi connectivity index (χ1n) is 8.74. The Bertz CT molecular complexity index is 923. The Balaban J connectivity index is 1.51. The molecule has 2 N–H and O–H groups in total. The van der Waals surface area contributed by atoms with Gasteiger partial charge in [0.25, 0.3) is 0 Å². The van der Waals surface area contributed by atoms with Crippen molar-refractivity contribution in [2.75, 3.05) is 36.8 Å². The standard InChI is InChI=1S/C19H21ClN6/c1-13(14-4-2-3-5-16(14)20)25-8-10-26(11-9-25)19-15-6-7-17(21)24-18(15)22-12-23-19/h2-7,12-13H,8-11H2,1H3,(H2,21,22,23,24). The van der Waals surface area contributed by atoms with Gasteiger partial charge < -0.3 is 10.6 Å². The molecule has 0 bridgehead atoms. The number of benzene rings is 1. The minimum Gasteiger partial charge on any atom is -0.384 e. The minimum absolute atomic E-state index is 0.287. The molecule has 0 radical (unpaired) electrons. The van der Waals surface area contributed by atoms with Crippen LogP contribution >= 0.6 is 11.6 Å². The van der Waals surface area contributed by atoms with E-state index in [1.54, 1.807) is 12.4 Å². The minimum atomic E-state index is 0.287. The Labute approximate surface area is 157 Å². The maximum Gasteiger partial charge on any atom is 0.166 e. The molecule has 0 amide bonds. The van der Waals surface area contributed by atoms with Crippen molar-refractivity contribution in [3.8, 4) is 0 Å². The quantitative estimate of drug-likeness (QED) is 0.765. The van der Waals surface area contributed by atoms with Crippen molar-refractivity contribution in [3.63, 3.8) is 0 Å². The molecule has 0 aliphatic carbocycles. The van der Waals surface area contributed by atoms with Crippen LogP contribution in [0.1, 0.15) is 18.5 Å². The third-order valence-corrected chi connectivity index (χ3v) is 5.36. The van der Waals surface area contributed by atoms with Crippen LogP contribution < -0.4 is 10.6 Å². The number of pyridine rings is 1. The molecule has 0 saturated carbocycles. The number of hydrogen-bond acceptors (Lipinski definition) is 6. The first-order chi connectivity index (χ1) is 12.6. The maximum atomic E-state index is 6.37. The van der Waals surface area contributed by atoms with Gasteiger partial charge >= 0.3 is 0 Å². The number of piperazine rings is 1. The van der Waals surface area contributed by atoms with Gasteiger partial charge in [-0.3, -0.25) is 4.90 Å². The first-order valence-corrected chi connectivity index (χ1v) is 9.12. The zero-order valence-electron chi connectivity index (χ0n) is 14.6. The van der Waals surface area contributed by atoms with E-state index >= 15 is 0 Å². The van der Waals surface area contributed by atoms with E-state index in [1.165, 1.54) is 5.56 Å². The van der Waals surface area contributed by atoms with E-state index in [1.807, 2.05) is 24.3 Å². The molecule has 1 atom stereocenters. The van der Waals surface area contributed by atoms with Crippen LogP contribution in [-0.4, -0.2) is 46.0 Å². The highest BCUT2D eigenvalue weighted by atomic mass is 35.5. The molecule has 4 rings (SSSR count). The van der Waals surface area contributed by atoms with E-state index in [9.17, 15) is 0 Å². The number of aromatic nitrogens is 3. The van der Waals surface area contributed by atoms with E-state index < -0.39 is 0 Å². The van der Waals surface area contributed by atoms with Gasteiger partial charge in [0.2, 0.25) is 0 Å². The SMILES string of the molecule is CC(c1ccccc1Cl)N1CCN(c2ncnc3nc(N)ccc23)CC1. The summed E-state index contributed by atoms with van der Waals surface area (Å²) in [5, 5.41) is 1.77. The average molecular weight is 369 g/mol. The number of hydrogen-bond donors (Lipinski definition) is 1. The molecule has 1 aliphatic heterocycles. The summed E-state index contributed by atoms with van der Waals surface area (Å²) in [5.74, 6) is 1.40. The van der Waals surface area contributed by atoms with Crippen molar-refractivity contribution >= 4 is 34.3 Å². The number of halogens is 1. The van der Waals surface area contributed by atoms with Gasteiger partial charge in [-0.05, 0) is 30.7 Å². The van der Waals surface area contributed by atoms with Crippen LogP contribution in [-0.2, 0) is 0 Å². The van der Waals surface area contributed by atoms with Gasteiger partial charge in [0.1, 0.15) is 18.0 Å². The van der Waals surface area contributed by atoms with Gasteiger partial charge in [-0.1, -0.05) is 29.8 Å². The van der Waals surface area contributed by atoms with Gasteiger partial charge in [-0.2, -0.15) is 0 Å². The maximum absolute atomic E-state index is 6.37. The van der Waals surface area contributed by atoms with Crippen molar-refractivity contribution in [2.45, 2.75) is 13.0 Å². The smallest absolute Gasteiger partial charge is 0.166 e. The van der Waals surface area contributed by atoms with Gasteiger partial charge in [0, 0.05) is 37.2 Å². The molecule has 0 spiro atoms. The third-order valence-electron chi connectivity index (χ3n) is 5.01. The Kier molecular flexibility index (Phi) is 4.61. The lowest BCUT2D eigenvalue weighted by Gasteiger charge is -2.39. The van der Waals surface area contributed by atoms with Gasteiger partial charge in [-0.25, -0.2) is 15.0 Å². The van der Waals surface area contributed by atoms with Gasteiger partial charge in [0.15, 0.2) is 5.65 Å². The van der Waals surface area contributed by atoms with Crippen LogP contribution in [0, 0.1) is 0 Å². The molecule has 1 unspecified atom stereocenters. The fourth-order valence-electron chi connectivity index (χ4n) is 3.53. The van der Waals surface area contributed by atoms with Gasteiger partial charge in [-0.15, -0.1) is 0 Å². The topological polar surface area (TPSA) is 71.2 Å². The predicted octanol–water partition coefficient (Wildman–Crippen LogP) is 3.14. The van der Waals surface area contributed by atoms with Crippen molar-refractivity contribution in [1.29, 1.82) is 0 Å². The Morgan fingerprint density at radius 2 is 1.81 bits per heavy atom. The second-order valence-corrected chi connectivity index (χ2v) is 6.93. The van der Waals surface area contributed by atoms with Crippen LogP contribution in [0.5, 0.6) is 0 Å². The van der Waals surface area contributed by atoms with Crippen molar-refractivity contribution in [3.05, 3.63) is 53.3 Å². The molecule has 1 saturated heterocycles. The molecule has 1 fully saturated rings. The molecular formula is C19H21ClN6. The lowest BCUT2D eigenvalue weighted by Crippen LogP contribution is -2.47. The van der Waals surface area contributed by atoms with E-state index in [0.29, 0.717) is 11.5 Å². The highest BCUT2D eigenvalue weighted by molar-refractivity contribution is 6.31. The lowest BCUT2D eigenvalue weighted by molar-refractivity contribution is 0.198. The Morgan fingerprint density at radius 1 is 1.04 bits per heavy atom. The fraction of sp³-hybridized carbons (Fsp3) is 0.316. The number of nitrogens with two attached hydrogens (primary N) is 1. The molecule has 134 valence electrons. The van der Waals surface area contributed by atoms with Crippen molar-refractivity contribution < 1.29 is 0 Å². The highest BCUT2D eigenvalue weighted by Crippen LogP contribution is 2.29. The normalized spacial score (nSPS) is 16.8. The van der Waals surface area contributed by atoms with Crippen LogP contribution in [0.4, 0.5) is 11.6 Å². The van der Waals surface area contributed by atoms with Crippen LogP contribution in [0.2, 0.25) is 5.02 Å². The summed E-state index contributed by atoms with van der Waals surface area (Å²) in [6.45, 7) is 5.89. The molecule has 1 aliphatic rings. The molecule has 26 heavy (non-hydrogen) atoms. The summed E-state index contributed by atoms with van der Waals surface area (Å²) in [7, 11) is 0. The fourth-order valence-corrected chi connectivity index (χ4v) is 3.82. The van der Waals surface area contributed by atoms with E-state index in [2.05, 4.69) is 37.7 Å². The number of nitrogens with zero attached hydrogens (tertiary/aromatic N) is 5. The third kappa shape index (κ3) is 3.18. The summed E-state index contributed by atoms with van der Waals surface area (Å²) in [5.41, 5.74) is 7.59. The number of nitrogen functional groups attached to an aromatic ring is 1. The van der Waals surface area contributed by atoms with Crippen LogP contribution in [0.25, 0.3) is 11.0 Å². The van der Waals surface area contributed by atoms with E-state index in [-0.39, 0.29) is 6.04 Å². The second-order valence-electron chi connectivity index (χ2n) is 6.53. The monoisotopic (exact) mass is 368 g/mol. The Hall–Kier alpha value is -2.44. The Morgan fingerprint density at radius 3 is 2.58 bits per heavy atom. The van der Waals surface area contributed by atoms with Crippen LogP contribution in [0.15, 0.2) is 42.7 Å². The summed E-state index contributed by atoms with van der Waals surface area (Å²) in [4.78, 5) is 17.8. The molecule has 6 nitrogen and oxygen atoms in total. The second kappa shape index (κ2) is 7.05. The molecular weight excluding hydrogens is 348 g/mol. The molecule has 3 aromatic rings. The van der Waals surface area contributed by atoms with Crippen LogP contribution in [0.3, 0.4) is 0 Å². The zero-order valence-corrected chi connectivity index (χ0v) is 15.4. The largest absolute Gasteiger partial charge is 0.384 e. The van der Waals surface area contributed by atoms with Crippen molar-refractivity contribution in [1.82, 2.24) is 19.9 Å². The number of anilines is 2. The number of fused-ring (bicyclic) bond motifs is 1. The van der Waals surface area contributed by atoms with E-state index in [4.69, 9.17) is 17.3 Å². The molecule has 1 aromatic carbocycles. The molecule has 3 heterocycles. The van der Waals surface area contributed by atoms with E-state index in [0.717, 1.165) is 42.4 Å². The first kappa shape index (κ1) is 17.0. The zero-order chi connectivity index (χ0) is 18.1. The van der Waals surface area contributed by atoms with Gasteiger partial charge in [0.05, 0.1) is 5.39 Å². The summed E-state index contributed by atoms with van der Waals surface area (Å²) < 4.78 is 0. The summed E-state index contributed by atoms with van der Waals surface area (Å²) in [6.07, 6.45) is 1.56. The summed E-state index contributed by atoms with van der Waals surface area (Å²) >= 11 is 6.37. The lowest BCUT2D eigenvalue weighted by atomic mass is 10.1. The number of rotatable bonds is 3. The molecule has 2 aromatic heterocycles. The molecule has 7 heteroatoms. The van der Waals surface area contributed by atoms with Crippen molar-refractivity contribution in [2.24, 2.45) is 0 Å². The predicted molar refractivity (Wildman–Crippen MR) is 105 cm³/mol.